The summed E-state index contributed by atoms with van der Waals surface area (Å²) in [5.74, 6) is 0.0389. The molecule has 4 rings (SSSR count). The smallest absolute Gasteiger partial charge is 0.330 e. The number of halogens is 2. The lowest BCUT2D eigenvalue weighted by molar-refractivity contribution is -0.137. The van der Waals surface area contributed by atoms with Crippen LogP contribution in [-0.2, 0) is 16.6 Å². The fourth-order valence-electron chi connectivity index (χ4n) is 5.00. The van der Waals surface area contributed by atoms with Crippen LogP contribution >= 0.6 is 11.6 Å². The molecule has 1 aromatic heterocycles. The molecular formula is C23H26ClFN4O3. The average Bonchev–Trinajstić information content (AvgIpc) is 3.37. The molecule has 0 radical (unpaired) electrons. The van der Waals surface area contributed by atoms with E-state index in [1.165, 1.54) is 22.9 Å². The Labute approximate surface area is 190 Å². The molecule has 2 unspecified atom stereocenters. The molecule has 1 heterocycles. The summed E-state index contributed by atoms with van der Waals surface area (Å²) in [7, 11) is 1.71. The minimum Gasteiger partial charge on any atom is -0.463 e. The van der Waals surface area contributed by atoms with E-state index in [-0.39, 0.29) is 22.7 Å². The fourth-order valence-corrected chi connectivity index (χ4v) is 5.19. The van der Waals surface area contributed by atoms with Crippen molar-refractivity contribution in [3.63, 3.8) is 0 Å². The van der Waals surface area contributed by atoms with E-state index in [4.69, 9.17) is 22.1 Å². The second-order valence-electron chi connectivity index (χ2n) is 8.50. The van der Waals surface area contributed by atoms with Crippen molar-refractivity contribution in [3.8, 4) is 0 Å². The number of fused-ring (bicyclic) bond motifs is 1. The summed E-state index contributed by atoms with van der Waals surface area (Å²) in [5.41, 5.74) is 8.73. The van der Waals surface area contributed by atoms with Crippen LogP contribution in [-0.4, -0.2) is 28.3 Å². The summed E-state index contributed by atoms with van der Waals surface area (Å²) in [6, 6.07) is 4.01. The quantitative estimate of drug-likeness (QED) is 0.507. The highest BCUT2D eigenvalue weighted by molar-refractivity contribution is 6.31. The second kappa shape index (κ2) is 8.94. The first kappa shape index (κ1) is 22.3. The maximum atomic E-state index is 13.4. The van der Waals surface area contributed by atoms with Gasteiger partial charge in [-0.15, -0.1) is 0 Å². The van der Waals surface area contributed by atoms with Gasteiger partial charge in [-0.1, -0.05) is 17.2 Å². The molecule has 3 N–H and O–H groups in total. The molecule has 0 spiro atoms. The van der Waals surface area contributed by atoms with E-state index in [2.05, 4.69) is 10.4 Å². The molecule has 2 aliphatic carbocycles. The van der Waals surface area contributed by atoms with Gasteiger partial charge in [0.05, 0.1) is 17.3 Å². The van der Waals surface area contributed by atoms with Gasteiger partial charge in [0.25, 0.3) is 5.91 Å². The van der Waals surface area contributed by atoms with E-state index >= 15 is 0 Å². The number of aromatic nitrogens is 2. The van der Waals surface area contributed by atoms with Gasteiger partial charge >= 0.3 is 5.97 Å². The Morgan fingerprint density at radius 1 is 1.34 bits per heavy atom. The third-order valence-electron chi connectivity index (χ3n) is 6.41. The van der Waals surface area contributed by atoms with E-state index in [1.807, 2.05) is 0 Å². The third-order valence-corrected chi connectivity index (χ3v) is 6.70. The number of aryl methyl sites for hydroxylation is 1. The molecule has 2 aliphatic rings. The van der Waals surface area contributed by atoms with Gasteiger partial charge in [0.2, 0.25) is 0 Å². The SMILES string of the molecule is CCOC(=O)C=C1CC2CC(c3nn(C)c(N)c3C(=O)Nc3ccc(F)c(Cl)c3)CC2C1. The number of nitrogen functional groups attached to an aromatic ring is 1. The second-order valence-corrected chi connectivity index (χ2v) is 8.91. The van der Waals surface area contributed by atoms with Crippen LogP contribution < -0.4 is 11.1 Å². The van der Waals surface area contributed by atoms with Crippen LogP contribution in [0.25, 0.3) is 0 Å². The Hall–Kier alpha value is -2.87. The summed E-state index contributed by atoms with van der Waals surface area (Å²) in [6.45, 7) is 2.16. The van der Waals surface area contributed by atoms with E-state index < -0.39 is 11.7 Å². The van der Waals surface area contributed by atoms with Gasteiger partial charge in [-0.3, -0.25) is 9.48 Å². The summed E-state index contributed by atoms with van der Waals surface area (Å²) in [5, 5.41) is 7.24. The first-order chi connectivity index (χ1) is 15.3. The summed E-state index contributed by atoms with van der Waals surface area (Å²) in [4.78, 5) is 24.8. The largest absolute Gasteiger partial charge is 0.463 e. The Morgan fingerprint density at radius 3 is 2.66 bits per heavy atom. The number of allylic oxidation sites excluding steroid dienone is 1. The van der Waals surface area contributed by atoms with Crippen molar-refractivity contribution < 1.29 is 18.7 Å². The van der Waals surface area contributed by atoms with Crippen LogP contribution in [0.5, 0.6) is 0 Å². The average molecular weight is 461 g/mol. The molecule has 170 valence electrons. The molecule has 2 fully saturated rings. The number of benzene rings is 1. The summed E-state index contributed by atoms with van der Waals surface area (Å²) < 4.78 is 20.0. The number of carbonyl (C=O) groups excluding carboxylic acids is 2. The van der Waals surface area contributed by atoms with E-state index in [1.54, 1.807) is 20.0 Å². The molecule has 2 saturated carbocycles. The van der Waals surface area contributed by atoms with Gasteiger partial charge in [0, 0.05) is 24.7 Å². The highest BCUT2D eigenvalue weighted by Crippen LogP contribution is 2.52. The molecule has 9 heteroatoms. The van der Waals surface area contributed by atoms with Gasteiger partial charge < -0.3 is 15.8 Å². The molecule has 1 aromatic carbocycles. The number of rotatable bonds is 5. The lowest BCUT2D eigenvalue weighted by atomic mass is 9.95. The molecule has 2 atom stereocenters. The van der Waals surface area contributed by atoms with Crippen molar-refractivity contribution in [2.24, 2.45) is 18.9 Å². The minimum absolute atomic E-state index is 0.0718. The minimum atomic E-state index is -0.555. The molecule has 1 amide bonds. The molecule has 7 nitrogen and oxygen atoms in total. The molecule has 0 saturated heterocycles. The van der Waals surface area contributed by atoms with Crippen LogP contribution in [0.15, 0.2) is 29.8 Å². The Bertz CT molecular complexity index is 1080. The molecule has 2 aromatic rings. The van der Waals surface area contributed by atoms with Crippen molar-refractivity contribution in [2.45, 2.75) is 38.5 Å². The number of esters is 1. The third kappa shape index (κ3) is 4.37. The fraction of sp³-hybridized carbons (Fsp3) is 0.435. The molecular weight excluding hydrogens is 435 g/mol. The maximum Gasteiger partial charge on any atom is 0.330 e. The zero-order valence-corrected chi connectivity index (χ0v) is 18.8. The van der Waals surface area contributed by atoms with E-state index in [9.17, 15) is 14.0 Å². The van der Waals surface area contributed by atoms with Crippen molar-refractivity contribution in [1.82, 2.24) is 9.78 Å². The Morgan fingerprint density at radius 2 is 2.03 bits per heavy atom. The van der Waals surface area contributed by atoms with Gasteiger partial charge in [-0.2, -0.15) is 5.10 Å². The van der Waals surface area contributed by atoms with Gasteiger partial charge in [-0.25, -0.2) is 9.18 Å². The van der Waals surface area contributed by atoms with E-state index in [0.717, 1.165) is 31.3 Å². The highest BCUT2D eigenvalue weighted by Gasteiger charge is 2.42. The van der Waals surface area contributed by atoms with Crippen LogP contribution in [0.1, 0.15) is 54.6 Å². The van der Waals surface area contributed by atoms with Gasteiger partial charge in [-0.05, 0) is 62.6 Å². The van der Waals surface area contributed by atoms with Crippen LogP contribution in [0, 0.1) is 17.7 Å². The molecule has 0 bridgehead atoms. The zero-order valence-electron chi connectivity index (χ0n) is 18.0. The predicted octanol–water partition coefficient (Wildman–Crippen LogP) is 4.44. The van der Waals surface area contributed by atoms with Gasteiger partial charge in [0.15, 0.2) is 0 Å². The van der Waals surface area contributed by atoms with Crippen molar-refractivity contribution in [1.29, 1.82) is 0 Å². The topological polar surface area (TPSA) is 99.2 Å². The first-order valence-corrected chi connectivity index (χ1v) is 11.1. The lowest BCUT2D eigenvalue weighted by Crippen LogP contribution is -2.16. The number of nitrogens with two attached hydrogens (primary N) is 1. The van der Waals surface area contributed by atoms with E-state index in [0.29, 0.717) is 35.4 Å². The number of carbonyl (C=O) groups is 2. The number of anilines is 2. The van der Waals surface area contributed by atoms with Crippen molar-refractivity contribution in [2.75, 3.05) is 17.7 Å². The highest BCUT2D eigenvalue weighted by atomic mass is 35.5. The molecule has 32 heavy (non-hydrogen) atoms. The van der Waals surface area contributed by atoms with Crippen molar-refractivity contribution >= 4 is 35.0 Å². The molecule has 0 aliphatic heterocycles. The van der Waals surface area contributed by atoms with Gasteiger partial charge in [0.1, 0.15) is 17.2 Å². The number of hydrogen-bond donors (Lipinski definition) is 2. The number of amides is 1. The van der Waals surface area contributed by atoms with Crippen LogP contribution in [0.4, 0.5) is 15.9 Å². The first-order valence-electron chi connectivity index (χ1n) is 10.7. The monoisotopic (exact) mass is 460 g/mol. The number of ether oxygens (including phenoxy) is 1. The lowest BCUT2D eigenvalue weighted by Gasteiger charge is -2.12. The normalized spacial score (nSPS) is 22.0. The number of nitrogens with zero attached hydrogens (tertiary/aromatic N) is 2. The maximum absolute atomic E-state index is 13.4. The van der Waals surface area contributed by atoms with Crippen molar-refractivity contribution in [3.05, 3.63) is 51.9 Å². The Balaban J connectivity index is 1.50. The van der Waals surface area contributed by atoms with Crippen LogP contribution in [0.3, 0.4) is 0 Å². The zero-order chi connectivity index (χ0) is 23.0. The Kier molecular flexibility index (Phi) is 6.24. The standard InChI is InChI=1S/C23H26ClFN4O3/c1-3-32-19(30)8-12-6-13-9-15(10-14(13)7-12)21-20(22(26)29(2)28-21)23(31)27-16-4-5-18(25)17(24)11-16/h4-5,8,11,13-15H,3,6-7,9-10,26H2,1-2H3,(H,27,31). The predicted molar refractivity (Wildman–Crippen MR) is 120 cm³/mol. The number of nitrogens with one attached hydrogen (secondary N) is 1. The summed E-state index contributed by atoms with van der Waals surface area (Å²) in [6.07, 6.45) is 5.10. The van der Waals surface area contributed by atoms with Crippen LogP contribution in [0.2, 0.25) is 5.02 Å². The number of hydrogen-bond acceptors (Lipinski definition) is 5. The summed E-state index contributed by atoms with van der Waals surface area (Å²) >= 11 is 5.83.